The maximum absolute atomic E-state index is 4.94. The van der Waals surface area contributed by atoms with Gasteiger partial charge < -0.3 is 14.8 Å². The first-order chi connectivity index (χ1) is 9.83. The van der Waals surface area contributed by atoms with Gasteiger partial charge in [-0.2, -0.15) is 0 Å². The summed E-state index contributed by atoms with van der Waals surface area (Å²) in [6, 6.07) is 0. The molecule has 1 aliphatic heterocycles. The van der Waals surface area contributed by atoms with Crippen molar-refractivity contribution in [2.24, 2.45) is 0 Å². The van der Waals surface area contributed by atoms with Crippen LogP contribution in [0.5, 0.6) is 0 Å². The molecule has 4 nitrogen and oxygen atoms in total. The van der Waals surface area contributed by atoms with Crippen LogP contribution in [0.2, 0.25) is 0 Å². The first-order valence-electron chi connectivity index (χ1n) is 8.34. The second kappa shape index (κ2) is 6.27. The Hall–Kier alpha value is -0.870. The average Bonchev–Trinajstić information content (AvgIpc) is 3.26. The highest BCUT2D eigenvalue weighted by molar-refractivity contribution is 5.24. The molecule has 1 fully saturated rings. The molecule has 4 heteroatoms. The molecule has 0 spiro atoms. The summed E-state index contributed by atoms with van der Waals surface area (Å²) in [7, 11) is 0. The molecule has 1 aliphatic carbocycles. The van der Waals surface area contributed by atoms with Gasteiger partial charge in [0.15, 0.2) is 0 Å². The molecule has 1 N–H and O–H groups in total. The van der Waals surface area contributed by atoms with Gasteiger partial charge >= 0.3 is 0 Å². The van der Waals surface area contributed by atoms with E-state index in [1.54, 1.807) is 0 Å². The summed E-state index contributed by atoms with van der Waals surface area (Å²) in [5.74, 6) is 2.15. The number of rotatable bonds is 7. The largest absolute Gasteiger partial charge is 0.331 e. The highest BCUT2D eigenvalue weighted by Gasteiger charge is 2.31. The number of nitrogens with one attached hydrogen (secondary N) is 1. The number of hydrogen-bond acceptors (Lipinski definition) is 3. The maximum Gasteiger partial charge on any atom is 0.112 e. The summed E-state index contributed by atoms with van der Waals surface area (Å²) < 4.78 is 2.57. The zero-order valence-electron chi connectivity index (χ0n) is 13.0. The number of hydrogen-bond donors (Lipinski definition) is 1. The Morgan fingerprint density at radius 2 is 2.10 bits per heavy atom. The van der Waals surface area contributed by atoms with Gasteiger partial charge in [-0.3, -0.25) is 0 Å². The first-order valence-corrected chi connectivity index (χ1v) is 8.34. The van der Waals surface area contributed by atoms with E-state index in [2.05, 4.69) is 28.6 Å². The molecular formula is C16H28N4. The van der Waals surface area contributed by atoms with Gasteiger partial charge in [0.05, 0.1) is 5.69 Å². The second-order valence-corrected chi connectivity index (χ2v) is 6.10. The van der Waals surface area contributed by atoms with Gasteiger partial charge in [0.25, 0.3) is 0 Å². The van der Waals surface area contributed by atoms with Crippen molar-refractivity contribution in [1.82, 2.24) is 19.8 Å². The summed E-state index contributed by atoms with van der Waals surface area (Å²) >= 11 is 0. The maximum atomic E-state index is 4.94. The topological polar surface area (TPSA) is 33.1 Å². The van der Waals surface area contributed by atoms with Crippen LogP contribution in [-0.4, -0.2) is 40.6 Å². The number of aromatic nitrogens is 2. The van der Waals surface area contributed by atoms with Crippen LogP contribution in [0, 0.1) is 0 Å². The van der Waals surface area contributed by atoms with Crippen molar-refractivity contribution >= 4 is 0 Å². The summed E-state index contributed by atoms with van der Waals surface area (Å²) in [6.07, 6.45) is 5.09. The Labute approximate surface area is 122 Å². The van der Waals surface area contributed by atoms with Crippen molar-refractivity contribution in [3.05, 3.63) is 17.2 Å². The Bertz CT molecular complexity index is 444. The molecule has 0 saturated heterocycles. The highest BCUT2D eigenvalue weighted by atomic mass is 15.1. The van der Waals surface area contributed by atoms with Crippen molar-refractivity contribution < 1.29 is 0 Å². The van der Waals surface area contributed by atoms with Gasteiger partial charge in [0.2, 0.25) is 0 Å². The van der Waals surface area contributed by atoms with Crippen LogP contribution in [0.3, 0.4) is 0 Å². The monoisotopic (exact) mass is 276 g/mol. The molecule has 0 amide bonds. The third-order valence-corrected chi connectivity index (χ3v) is 4.71. The van der Waals surface area contributed by atoms with E-state index in [-0.39, 0.29) is 0 Å². The van der Waals surface area contributed by atoms with Crippen LogP contribution in [0.4, 0.5) is 0 Å². The van der Waals surface area contributed by atoms with E-state index in [4.69, 9.17) is 4.98 Å². The van der Waals surface area contributed by atoms with E-state index < -0.39 is 0 Å². The van der Waals surface area contributed by atoms with Gasteiger partial charge in [-0.15, -0.1) is 0 Å². The molecule has 1 aromatic rings. The molecule has 0 unspecified atom stereocenters. The van der Waals surface area contributed by atoms with Crippen molar-refractivity contribution in [3.8, 4) is 0 Å². The van der Waals surface area contributed by atoms with Crippen LogP contribution < -0.4 is 5.32 Å². The molecule has 3 rings (SSSR count). The molecule has 2 aliphatic rings. The van der Waals surface area contributed by atoms with E-state index in [1.807, 2.05) is 0 Å². The molecule has 0 bridgehead atoms. The van der Waals surface area contributed by atoms with Crippen molar-refractivity contribution in [3.63, 3.8) is 0 Å². The minimum Gasteiger partial charge on any atom is -0.331 e. The molecule has 112 valence electrons. The first kappa shape index (κ1) is 14.1. The van der Waals surface area contributed by atoms with Gasteiger partial charge in [0.1, 0.15) is 5.82 Å². The Morgan fingerprint density at radius 1 is 1.30 bits per heavy atom. The summed E-state index contributed by atoms with van der Waals surface area (Å²) in [5, 5.41) is 3.45. The highest BCUT2D eigenvalue weighted by Crippen LogP contribution is 2.40. The van der Waals surface area contributed by atoms with E-state index in [9.17, 15) is 0 Å². The lowest BCUT2D eigenvalue weighted by Gasteiger charge is -2.20. The number of imidazole rings is 1. The van der Waals surface area contributed by atoms with Crippen LogP contribution in [0.25, 0.3) is 0 Å². The van der Waals surface area contributed by atoms with Crippen LogP contribution in [0.15, 0.2) is 0 Å². The zero-order valence-corrected chi connectivity index (χ0v) is 13.0. The standard InChI is InChI=1S/C16H28N4/c1-3-19(4-2)10-5-11-20-15-8-9-17-12-14(15)18-16(20)13-6-7-13/h13,17H,3-12H2,1-2H3. The minimum absolute atomic E-state index is 0.758. The van der Waals surface area contributed by atoms with Gasteiger partial charge in [-0.25, -0.2) is 4.98 Å². The van der Waals surface area contributed by atoms with Crippen LogP contribution >= 0.6 is 0 Å². The molecule has 0 atom stereocenters. The molecule has 1 saturated carbocycles. The summed E-state index contributed by atoms with van der Waals surface area (Å²) in [5.41, 5.74) is 2.84. The Kier molecular flexibility index (Phi) is 4.41. The fourth-order valence-electron chi connectivity index (χ4n) is 3.29. The van der Waals surface area contributed by atoms with E-state index in [0.29, 0.717) is 0 Å². The smallest absolute Gasteiger partial charge is 0.112 e. The van der Waals surface area contributed by atoms with Crippen molar-refractivity contribution in [2.75, 3.05) is 26.2 Å². The van der Waals surface area contributed by atoms with Gasteiger partial charge in [0, 0.05) is 37.7 Å². The van der Waals surface area contributed by atoms with E-state index in [1.165, 1.54) is 43.0 Å². The Balaban J connectivity index is 1.69. The van der Waals surface area contributed by atoms with Crippen molar-refractivity contribution in [1.29, 1.82) is 0 Å². The minimum atomic E-state index is 0.758. The quantitative estimate of drug-likeness (QED) is 0.828. The molecule has 1 aromatic heterocycles. The molecule has 0 radical (unpaired) electrons. The second-order valence-electron chi connectivity index (χ2n) is 6.10. The fourth-order valence-corrected chi connectivity index (χ4v) is 3.29. The Morgan fingerprint density at radius 3 is 2.80 bits per heavy atom. The van der Waals surface area contributed by atoms with Crippen LogP contribution in [-0.2, 0) is 19.5 Å². The predicted octanol–water partition coefficient (Wildman–Crippen LogP) is 2.14. The summed E-state index contributed by atoms with van der Waals surface area (Å²) in [6.45, 7) is 11.3. The normalized spacial score (nSPS) is 18.6. The van der Waals surface area contributed by atoms with E-state index in [0.717, 1.165) is 45.1 Å². The predicted molar refractivity (Wildman–Crippen MR) is 82.0 cm³/mol. The van der Waals surface area contributed by atoms with Gasteiger partial charge in [-0.1, -0.05) is 13.8 Å². The fraction of sp³-hybridized carbons (Fsp3) is 0.812. The third-order valence-electron chi connectivity index (χ3n) is 4.71. The number of nitrogens with zero attached hydrogens (tertiary/aromatic N) is 3. The summed E-state index contributed by atoms with van der Waals surface area (Å²) in [4.78, 5) is 7.45. The molecule has 0 aromatic carbocycles. The zero-order chi connectivity index (χ0) is 13.9. The SMILES string of the molecule is CCN(CC)CCCn1c(C2CC2)nc2c1CCNC2. The molecule has 20 heavy (non-hydrogen) atoms. The van der Waals surface area contributed by atoms with Crippen LogP contribution in [0.1, 0.15) is 56.2 Å². The van der Waals surface area contributed by atoms with Crippen molar-refractivity contribution in [2.45, 2.75) is 58.5 Å². The average molecular weight is 276 g/mol. The lowest BCUT2D eigenvalue weighted by Crippen LogP contribution is -2.27. The molecular weight excluding hydrogens is 248 g/mol. The molecule has 2 heterocycles. The van der Waals surface area contributed by atoms with Gasteiger partial charge in [-0.05, 0) is 38.9 Å². The van der Waals surface area contributed by atoms with E-state index >= 15 is 0 Å². The lowest BCUT2D eigenvalue weighted by atomic mass is 10.2. The number of fused-ring (bicyclic) bond motifs is 1. The lowest BCUT2D eigenvalue weighted by molar-refractivity contribution is 0.292. The third kappa shape index (κ3) is 2.91.